The summed E-state index contributed by atoms with van der Waals surface area (Å²) in [7, 11) is -1.58. The average molecular weight is 285 g/mol. The molecule has 0 radical (unpaired) electrons. The number of aliphatic hydroxyl groups excluding tert-OH is 1. The highest BCUT2D eigenvalue weighted by Gasteiger charge is 2.40. The summed E-state index contributed by atoms with van der Waals surface area (Å²) in [4.78, 5) is 0. The van der Waals surface area contributed by atoms with Gasteiger partial charge in [0.2, 0.25) is 0 Å². The molecule has 19 heavy (non-hydrogen) atoms. The minimum Gasteiger partial charge on any atom is -0.412 e. The molecule has 1 rings (SSSR count). The van der Waals surface area contributed by atoms with Gasteiger partial charge >= 0.3 is 0 Å². The molecule has 3 heteroatoms. The molecule has 1 aliphatic rings. The topological polar surface area (TPSA) is 29.5 Å². The van der Waals surface area contributed by atoms with E-state index >= 15 is 0 Å². The number of hydrogen-bond acceptors (Lipinski definition) is 2. The molecule has 2 nitrogen and oxygen atoms in total. The monoisotopic (exact) mass is 284 g/mol. The first-order valence-electron chi connectivity index (χ1n) is 7.85. The zero-order chi connectivity index (χ0) is 14.7. The smallest absolute Gasteiger partial charge is 0.192 e. The van der Waals surface area contributed by atoms with Crippen molar-refractivity contribution in [2.45, 2.75) is 84.2 Å². The Morgan fingerprint density at radius 2 is 1.79 bits per heavy atom. The Balaban J connectivity index is 2.81. The van der Waals surface area contributed by atoms with E-state index < -0.39 is 8.32 Å². The van der Waals surface area contributed by atoms with Gasteiger partial charge in [-0.3, -0.25) is 0 Å². The molecule has 0 fully saturated rings. The van der Waals surface area contributed by atoms with Gasteiger partial charge in [-0.05, 0) is 63.2 Å². The van der Waals surface area contributed by atoms with Crippen molar-refractivity contribution in [2.75, 3.05) is 0 Å². The van der Waals surface area contributed by atoms with E-state index in [2.05, 4.69) is 40.7 Å². The molecule has 0 saturated carbocycles. The van der Waals surface area contributed by atoms with Crippen molar-refractivity contribution < 1.29 is 9.53 Å². The van der Waals surface area contributed by atoms with Crippen LogP contribution in [0.3, 0.4) is 0 Å². The zero-order valence-corrected chi connectivity index (χ0v) is 14.6. The summed E-state index contributed by atoms with van der Waals surface area (Å²) in [6.45, 7) is 13.3. The molecule has 0 amide bonds. The van der Waals surface area contributed by atoms with Crippen LogP contribution in [0.15, 0.2) is 11.6 Å². The predicted octanol–water partition coefficient (Wildman–Crippen LogP) is 4.50. The van der Waals surface area contributed by atoms with Crippen LogP contribution < -0.4 is 0 Å². The van der Waals surface area contributed by atoms with Gasteiger partial charge in [0.15, 0.2) is 8.32 Å². The van der Waals surface area contributed by atoms with E-state index in [-0.39, 0.29) is 11.7 Å². The van der Waals surface area contributed by atoms with Crippen LogP contribution in [0.25, 0.3) is 0 Å². The van der Waals surface area contributed by atoms with E-state index in [0.717, 1.165) is 18.4 Å². The fourth-order valence-corrected chi connectivity index (χ4v) is 6.41. The molecule has 0 bridgehead atoms. The standard InChI is InChI=1S/C16H32O2Si/c1-7-19(8-2,9-3)18-16(5,6)14-11-10-13(4)15(17)12-14/h10,14-15,17H,7-9,11-12H2,1-6H3/t14-,15+/m0/s1. The molecular weight excluding hydrogens is 252 g/mol. The number of rotatable bonds is 6. The molecule has 0 spiro atoms. The Hall–Kier alpha value is -0.123. The van der Waals surface area contributed by atoms with Crippen LogP contribution in [0.2, 0.25) is 18.1 Å². The minimum atomic E-state index is -1.58. The normalized spacial score (nSPS) is 25.3. The SMILES string of the molecule is CC[Si](CC)(CC)OC(C)(C)[C@H]1CC=C(C)[C@H](O)C1. The van der Waals surface area contributed by atoms with Gasteiger partial charge in [0, 0.05) is 0 Å². The van der Waals surface area contributed by atoms with E-state index in [1.54, 1.807) is 0 Å². The van der Waals surface area contributed by atoms with Gasteiger partial charge in [0.1, 0.15) is 0 Å². The highest BCUT2D eigenvalue weighted by molar-refractivity contribution is 6.73. The van der Waals surface area contributed by atoms with Gasteiger partial charge in [-0.15, -0.1) is 0 Å². The first-order valence-corrected chi connectivity index (χ1v) is 10.4. The van der Waals surface area contributed by atoms with Gasteiger partial charge < -0.3 is 9.53 Å². The van der Waals surface area contributed by atoms with Crippen molar-refractivity contribution in [2.24, 2.45) is 5.92 Å². The molecule has 1 N–H and O–H groups in total. The van der Waals surface area contributed by atoms with Crippen LogP contribution in [0.5, 0.6) is 0 Å². The maximum absolute atomic E-state index is 10.1. The van der Waals surface area contributed by atoms with E-state index in [0.29, 0.717) is 5.92 Å². The van der Waals surface area contributed by atoms with Crippen LogP contribution in [-0.4, -0.2) is 25.1 Å². The highest BCUT2D eigenvalue weighted by Crippen LogP contribution is 2.38. The Morgan fingerprint density at radius 3 is 2.21 bits per heavy atom. The predicted molar refractivity (Wildman–Crippen MR) is 84.8 cm³/mol. The molecule has 0 unspecified atom stereocenters. The zero-order valence-electron chi connectivity index (χ0n) is 13.6. The summed E-state index contributed by atoms with van der Waals surface area (Å²) >= 11 is 0. The van der Waals surface area contributed by atoms with Gasteiger partial charge in [0.25, 0.3) is 0 Å². The largest absolute Gasteiger partial charge is 0.412 e. The van der Waals surface area contributed by atoms with Crippen molar-refractivity contribution in [3.05, 3.63) is 11.6 Å². The second kappa shape index (κ2) is 6.55. The lowest BCUT2D eigenvalue weighted by Gasteiger charge is -2.44. The molecule has 0 aromatic rings. The van der Waals surface area contributed by atoms with Crippen molar-refractivity contribution in [1.82, 2.24) is 0 Å². The maximum atomic E-state index is 10.1. The van der Waals surface area contributed by atoms with Gasteiger partial charge in [-0.2, -0.15) is 0 Å². The quantitative estimate of drug-likeness (QED) is 0.574. The lowest BCUT2D eigenvalue weighted by atomic mass is 9.78. The molecule has 2 atom stereocenters. The number of allylic oxidation sites excluding steroid dienone is 1. The van der Waals surface area contributed by atoms with Gasteiger partial charge in [-0.25, -0.2) is 0 Å². The van der Waals surface area contributed by atoms with Gasteiger partial charge in [-0.1, -0.05) is 26.8 Å². The van der Waals surface area contributed by atoms with Crippen LogP contribution in [0.4, 0.5) is 0 Å². The molecular formula is C16H32O2Si. The summed E-state index contributed by atoms with van der Waals surface area (Å²) in [6, 6.07) is 3.56. The molecule has 0 heterocycles. The summed E-state index contributed by atoms with van der Waals surface area (Å²) in [6.07, 6.45) is 3.80. The second-order valence-electron chi connectivity index (χ2n) is 6.58. The third kappa shape index (κ3) is 3.93. The van der Waals surface area contributed by atoms with E-state index in [9.17, 15) is 5.11 Å². The fourth-order valence-electron chi connectivity index (χ4n) is 3.19. The number of aliphatic hydroxyl groups is 1. The summed E-state index contributed by atoms with van der Waals surface area (Å²) in [5, 5.41) is 10.1. The third-order valence-corrected chi connectivity index (χ3v) is 9.98. The lowest BCUT2D eigenvalue weighted by Crippen LogP contribution is -2.49. The average Bonchev–Trinajstić information content (AvgIpc) is 2.39. The van der Waals surface area contributed by atoms with Crippen LogP contribution in [0.1, 0.15) is 54.4 Å². The van der Waals surface area contributed by atoms with Crippen molar-refractivity contribution >= 4 is 8.32 Å². The lowest BCUT2D eigenvalue weighted by molar-refractivity contribution is 0.00699. The summed E-state index contributed by atoms with van der Waals surface area (Å²) in [5.41, 5.74) is 1.00. The summed E-state index contributed by atoms with van der Waals surface area (Å²) < 4.78 is 6.69. The first kappa shape index (κ1) is 16.9. The summed E-state index contributed by atoms with van der Waals surface area (Å²) in [5.74, 6) is 0.433. The Kier molecular flexibility index (Phi) is 5.84. The van der Waals surface area contributed by atoms with Crippen LogP contribution in [0, 0.1) is 5.92 Å². The molecule has 0 aromatic carbocycles. The fraction of sp³-hybridized carbons (Fsp3) is 0.875. The highest BCUT2D eigenvalue weighted by atomic mass is 28.4. The molecule has 0 aromatic heterocycles. The molecule has 112 valence electrons. The number of hydrogen-bond donors (Lipinski definition) is 1. The molecule has 1 aliphatic carbocycles. The molecule has 0 saturated heterocycles. The Morgan fingerprint density at radius 1 is 1.26 bits per heavy atom. The van der Waals surface area contributed by atoms with Crippen LogP contribution >= 0.6 is 0 Å². The van der Waals surface area contributed by atoms with Gasteiger partial charge in [0.05, 0.1) is 11.7 Å². The first-order chi connectivity index (χ1) is 8.80. The van der Waals surface area contributed by atoms with Crippen molar-refractivity contribution in [3.8, 4) is 0 Å². The van der Waals surface area contributed by atoms with E-state index in [1.165, 1.54) is 18.1 Å². The minimum absolute atomic E-state index is 0.119. The Bertz CT molecular complexity index is 310. The second-order valence-corrected chi connectivity index (χ2v) is 11.3. The van der Waals surface area contributed by atoms with Crippen LogP contribution in [-0.2, 0) is 4.43 Å². The van der Waals surface area contributed by atoms with E-state index in [4.69, 9.17) is 4.43 Å². The third-order valence-electron chi connectivity index (χ3n) is 5.15. The molecule has 0 aliphatic heterocycles. The van der Waals surface area contributed by atoms with Crippen molar-refractivity contribution in [3.63, 3.8) is 0 Å². The van der Waals surface area contributed by atoms with E-state index in [1.807, 2.05) is 6.92 Å². The maximum Gasteiger partial charge on any atom is 0.192 e. The van der Waals surface area contributed by atoms with Crippen molar-refractivity contribution in [1.29, 1.82) is 0 Å². The Labute approximate surface area is 120 Å².